The average Bonchev–Trinajstić information content (AvgIpc) is 2.66. The molecule has 142 valence electrons. The van der Waals surface area contributed by atoms with Crippen molar-refractivity contribution in [2.75, 3.05) is 13.7 Å². The molecule has 5 nitrogen and oxygen atoms in total. The van der Waals surface area contributed by atoms with Gasteiger partial charge in [-0.3, -0.25) is 9.59 Å². The van der Waals surface area contributed by atoms with Crippen molar-refractivity contribution in [2.24, 2.45) is 0 Å². The lowest BCUT2D eigenvalue weighted by Crippen LogP contribution is -2.37. The molecule has 5 heteroatoms. The number of hydrogen-bond donors (Lipinski definition) is 1. The standard InChI is InChI=1S/C22H25NO4/c1-3-27-19-12-13(10-11-16(19)24)20-21-14(6-4-8-17(21)25)23(2)15-7-5-9-18(26)22(15)20/h10-12,20,24H,3-9H2,1-2H3. The van der Waals surface area contributed by atoms with Gasteiger partial charge in [-0.1, -0.05) is 6.07 Å². The van der Waals surface area contributed by atoms with E-state index >= 15 is 0 Å². The Balaban J connectivity index is 1.92. The van der Waals surface area contributed by atoms with Gasteiger partial charge >= 0.3 is 0 Å². The summed E-state index contributed by atoms with van der Waals surface area (Å²) < 4.78 is 5.55. The van der Waals surface area contributed by atoms with E-state index in [-0.39, 0.29) is 23.2 Å². The molecule has 1 aliphatic heterocycles. The Morgan fingerprint density at radius 2 is 1.63 bits per heavy atom. The summed E-state index contributed by atoms with van der Waals surface area (Å²) in [5.41, 5.74) is 4.46. The third-order valence-electron chi connectivity index (χ3n) is 5.86. The summed E-state index contributed by atoms with van der Waals surface area (Å²) in [6, 6.07) is 5.19. The van der Waals surface area contributed by atoms with E-state index in [1.807, 2.05) is 20.0 Å². The monoisotopic (exact) mass is 367 g/mol. The van der Waals surface area contributed by atoms with Crippen LogP contribution in [0.5, 0.6) is 11.5 Å². The first-order valence-electron chi connectivity index (χ1n) is 9.74. The maximum Gasteiger partial charge on any atom is 0.161 e. The van der Waals surface area contributed by atoms with Crippen molar-refractivity contribution in [3.05, 3.63) is 46.3 Å². The van der Waals surface area contributed by atoms with Crippen molar-refractivity contribution in [2.45, 2.75) is 51.4 Å². The summed E-state index contributed by atoms with van der Waals surface area (Å²) >= 11 is 0. The molecular formula is C22H25NO4. The summed E-state index contributed by atoms with van der Waals surface area (Å²) in [4.78, 5) is 27.9. The number of Topliss-reactive ketones (excluding diaryl/α,β-unsaturated/α-hetero) is 2. The second-order valence-corrected chi connectivity index (χ2v) is 7.43. The average molecular weight is 367 g/mol. The minimum Gasteiger partial charge on any atom is -0.504 e. The maximum atomic E-state index is 12.9. The molecule has 1 aromatic carbocycles. The van der Waals surface area contributed by atoms with Crippen LogP contribution < -0.4 is 4.74 Å². The van der Waals surface area contributed by atoms with E-state index in [0.717, 1.165) is 53.8 Å². The summed E-state index contributed by atoms with van der Waals surface area (Å²) in [7, 11) is 1.99. The first-order chi connectivity index (χ1) is 13.0. The van der Waals surface area contributed by atoms with Crippen LogP contribution in [-0.2, 0) is 9.59 Å². The zero-order valence-electron chi connectivity index (χ0n) is 15.9. The Bertz CT molecular complexity index is 836. The number of hydrogen-bond acceptors (Lipinski definition) is 5. The van der Waals surface area contributed by atoms with E-state index in [2.05, 4.69) is 4.90 Å². The van der Waals surface area contributed by atoms with E-state index in [1.54, 1.807) is 12.1 Å². The van der Waals surface area contributed by atoms with Crippen LogP contribution in [0.2, 0.25) is 0 Å². The van der Waals surface area contributed by atoms with Gasteiger partial charge < -0.3 is 14.7 Å². The molecule has 0 radical (unpaired) electrons. The molecule has 1 N–H and O–H groups in total. The number of ketones is 2. The highest BCUT2D eigenvalue weighted by Crippen LogP contribution is 2.49. The summed E-state index contributed by atoms with van der Waals surface area (Å²) in [5, 5.41) is 10.1. The molecule has 0 fully saturated rings. The van der Waals surface area contributed by atoms with Crippen molar-refractivity contribution in [3.8, 4) is 11.5 Å². The van der Waals surface area contributed by atoms with Crippen molar-refractivity contribution in [1.29, 1.82) is 0 Å². The Kier molecular flexibility index (Phi) is 4.54. The van der Waals surface area contributed by atoms with Gasteiger partial charge in [-0.05, 0) is 50.3 Å². The van der Waals surface area contributed by atoms with Gasteiger partial charge in [0.15, 0.2) is 23.1 Å². The van der Waals surface area contributed by atoms with Crippen LogP contribution >= 0.6 is 0 Å². The van der Waals surface area contributed by atoms with Gasteiger partial charge in [0.25, 0.3) is 0 Å². The quantitative estimate of drug-likeness (QED) is 0.879. The first-order valence-corrected chi connectivity index (χ1v) is 9.74. The molecular weight excluding hydrogens is 342 g/mol. The highest BCUT2D eigenvalue weighted by molar-refractivity contribution is 6.06. The van der Waals surface area contributed by atoms with Gasteiger partial charge in [-0.15, -0.1) is 0 Å². The fourth-order valence-corrected chi connectivity index (χ4v) is 4.67. The highest BCUT2D eigenvalue weighted by atomic mass is 16.5. The van der Waals surface area contributed by atoms with Crippen molar-refractivity contribution < 1.29 is 19.4 Å². The van der Waals surface area contributed by atoms with Gasteiger partial charge in [-0.25, -0.2) is 0 Å². The minimum absolute atomic E-state index is 0.0712. The number of nitrogens with zero attached hydrogens (tertiary/aromatic N) is 1. The molecule has 0 unspecified atom stereocenters. The Hall–Kier alpha value is -2.56. The Morgan fingerprint density at radius 3 is 2.19 bits per heavy atom. The van der Waals surface area contributed by atoms with Crippen LogP contribution in [0.15, 0.2) is 40.7 Å². The molecule has 0 saturated heterocycles. The van der Waals surface area contributed by atoms with Crippen LogP contribution in [0.1, 0.15) is 56.9 Å². The molecule has 0 aromatic heterocycles. The second-order valence-electron chi connectivity index (χ2n) is 7.43. The number of phenols is 1. The largest absolute Gasteiger partial charge is 0.504 e. The highest BCUT2D eigenvalue weighted by Gasteiger charge is 2.42. The lowest BCUT2D eigenvalue weighted by Gasteiger charge is -2.42. The molecule has 0 spiro atoms. The fourth-order valence-electron chi connectivity index (χ4n) is 4.67. The molecule has 3 aliphatic rings. The Labute approximate surface area is 159 Å². The van der Waals surface area contributed by atoms with E-state index in [9.17, 15) is 14.7 Å². The van der Waals surface area contributed by atoms with Crippen molar-refractivity contribution in [3.63, 3.8) is 0 Å². The van der Waals surface area contributed by atoms with Crippen LogP contribution in [0.4, 0.5) is 0 Å². The number of carbonyl (C=O) groups excluding carboxylic acids is 2. The number of carbonyl (C=O) groups is 2. The van der Waals surface area contributed by atoms with Gasteiger partial charge in [-0.2, -0.15) is 0 Å². The molecule has 0 bridgehead atoms. The second kappa shape index (κ2) is 6.87. The van der Waals surface area contributed by atoms with Gasteiger partial charge in [0.05, 0.1) is 6.61 Å². The predicted molar refractivity (Wildman–Crippen MR) is 102 cm³/mol. The van der Waals surface area contributed by atoms with Crippen LogP contribution in [-0.4, -0.2) is 35.2 Å². The number of benzene rings is 1. The zero-order chi connectivity index (χ0) is 19.1. The first kappa shape index (κ1) is 17.8. The van der Waals surface area contributed by atoms with Crippen LogP contribution in [0.25, 0.3) is 0 Å². The van der Waals surface area contributed by atoms with Crippen molar-refractivity contribution in [1.82, 2.24) is 4.90 Å². The maximum absolute atomic E-state index is 12.9. The summed E-state index contributed by atoms with van der Waals surface area (Å²) in [6.07, 6.45) is 4.47. The molecule has 0 saturated carbocycles. The topological polar surface area (TPSA) is 66.8 Å². The number of rotatable bonds is 3. The SMILES string of the molecule is CCOc1cc(C2C3=C(CCCC3=O)N(C)C3=C2C(=O)CCC3)ccc1O. The molecule has 0 amide bonds. The fraction of sp³-hybridized carbons (Fsp3) is 0.455. The number of ether oxygens (including phenoxy) is 1. The number of allylic oxidation sites excluding steroid dienone is 4. The lowest BCUT2D eigenvalue weighted by molar-refractivity contribution is -0.117. The molecule has 1 aromatic rings. The molecule has 4 rings (SSSR count). The van der Waals surface area contributed by atoms with E-state index in [4.69, 9.17) is 4.74 Å². The van der Waals surface area contributed by atoms with Crippen LogP contribution in [0, 0.1) is 0 Å². The third kappa shape index (κ3) is 2.85. The minimum atomic E-state index is -0.355. The molecule has 2 aliphatic carbocycles. The zero-order valence-corrected chi connectivity index (χ0v) is 15.9. The van der Waals surface area contributed by atoms with Crippen molar-refractivity contribution >= 4 is 11.6 Å². The smallest absolute Gasteiger partial charge is 0.161 e. The van der Waals surface area contributed by atoms with Gasteiger partial charge in [0, 0.05) is 48.3 Å². The molecule has 1 heterocycles. The predicted octanol–water partition coefficient (Wildman–Crippen LogP) is 3.83. The van der Waals surface area contributed by atoms with Gasteiger partial charge in [0.2, 0.25) is 0 Å². The summed E-state index contributed by atoms with van der Waals surface area (Å²) in [6.45, 7) is 2.29. The van der Waals surface area contributed by atoms with Gasteiger partial charge in [0.1, 0.15) is 0 Å². The molecule has 27 heavy (non-hydrogen) atoms. The number of aromatic hydroxyl groups is 1. The summed E-state index contributed by atoms with van der Waals surface area (Å²) in [5.74, 6) is 0.367. The van der Waals surface area contributed by atoms with Crippen LogP contribution in [0.3, 0.4) is 0 Å². The normalized spacial score (nSPS) is 20.7. The van der Waals surface area contributed by atoms with E-state index < -0.39 is 0 Å². The van der Waals surface area contributed by atoms with E-state index in [1.165, 1.54) is 0 Å². The Morgan fingerprint density at radius 1 is 1.04 bits per heavy atom. The number of phenolic OH excluding ortho intramolecular Hbond substituents is 1. The lowest BCUT2D eigenvalue weighted by atomic mass is 9.71. The molecule has 0 atom stereocenters. The third-order valence-corrected chi connectivity index (χ3v) is 5.86. The van der Waals surface area contributed by atoms with E-state index in [0.29, 0.717) is 25.2 Å².